The minimum Gasteiger partial charge on any atom is -0.483 e. The number of halogens is 3. The van der Waals surface area contributed by atoms with E-state index in [4.69, 9.17) is 4.74 Å². The van der Waals surface area contributed by atoms with Crippen molar-refractivity contribution in [1.29, 1.82) is 0 Å². The van der Waals surface area contributed by atoms with Gasteiger partial charge in [-0.2, -0.15) is 13.2 Å². The summed E-state index contributed by atoms with van der Waals surface area (Å²) in [5.74, 6) is -0.361. The number of hydrogen-bond donors (Lipinski definition) is 1. The molecule has 0 radical (unpaired) electrons. The van der Waals surface area contributed by atoms with Crippen molar-refractivity contribution < 1.29 is 31.1 Å². The number of hydrogen-bond acceptors (Lipinski definition) is 4. The summed E-state index contributed by atoms with van der Waals surface area (Å²) in [5, 5.41) is 2.33. The zero-order chi connectivity index (χ0) is 21.1. The van der Waals surface area contributed by atoms with Crippen LogP contribution in [0.15, 0.2) is 47.4 Å². The molecule has 0 aliphatic heterocycles. The number of ether oxygens (including phenoxy) is 1. The highest BCUT2D eigenvalue weighted by Crippen LogP contribution is 2.30. The van der Waals surface area contributed by atoms with Crippen molar-refractivity contribution in [2.24, 2.45) is 0 Å². The molecule has 0 spiro atoms. The molecular weight excluding hydrogens is 397 g/mol. The van der Waals surface area contributed by atoms with Crippen molar-refractivity contribution >= 4 is 21.6 Å². The van der Waals surface area contributed by atoms with Gasteiger partial charge in [0, 0.05) is 19.8 Å². The molecule has 0 bridgehead atoms. The third-order valence-electron chi connectivity index (χ3n) is 3.76. The van der Waals surface area contributed by atoms with Crippen molar-refractivity contribution in [2.45, 2.75) is 18.0 Å². The van der Waals surface area contributed by atoms with Gasteiger partial charge < -0.3 is 10.1 Å². The average molecular weight is 416 g/mol. The van der Waals surface area contributed by atoms with Crippen LogP contribution in [0.2, 0.25) is 0 Å². The van der Waals surface area contributed by atoms with Gasteiger partial charge in [0.2, 0.25) is 10.0 Å². The van der Waals surface area contributed by atoms with E-state index in [0.717, 1.165) is 16.4 Å². The summed E-state index contributed by atoms with van der Waals surface area (Å²) in [4.78, 5) is 12.0. The minimum atomic E-state index is -4.51. The Labute approximate surface area is 161 Å². The van der Waals surface area contributed by atoms with Crippen LogP contribution in [-0.2, 0) is 21.0 Å². The van der Waals surface area contributed by atoms with Crippen LogP contribution in [0, 0.1) is 6.92 Å². The Morgan fingerprint density at radius 3 is 2.39 bits per heavy atom. The topological polar surface area (TPSA) is 75.7 Å². The van der Waals surface area contributed by atoms with Gasteiger partial charge in [-0.1, -0.05) is 6.07 Å². The summed E-state index contributed by atoms with van der Waals surface area (Å²) < 4.78 is 68.7. The molecule has 2 aromatic rings. The van der Waals surface area contributed by atoms with Gasteiger partial charge in [0.15, 0.2) is 6.61 Å². The van der Waals surface area contributed by atoms with Crippen molar-refractivity contribution in [3.8, 4) is 5.75 Å². The van der Waals surface area contributed by atoms with Gasteiger partial charge in [0.1, 0.15) is 5.75 Å². The first-order valence-electron chi connectivity index (χ1n) is 8.04. The number of sulfonamides is 1. The van der Waals surface area contributed by atoms with Gasteiger partial charge in [-0.15, -0.1) is 0 Å². The Hall–Kier alpha value is -2.59. The first-order valence-corrected chi connectivity index (χ1v) is 9.48. The van der Waals surface area contributed by atoms with Crippen molar-refractivity contribution in [1.82, 2.24) is 4.31 Å². The molecule has 1 amide bonds. The van der Waals surface area contributed by atoms with Crippen molar-refractivity contribution in [2.75, 3.05) is 26.0 Å². The number of nitrogens with one attached hydrogen (secondary N) is 1. The molecule has 6 nitrogen and oxygen atoms in total. The molecular formula is C18H19F3N2O4S. The molecule has 0 saturated carbocycles. The fourth-order valence-corrected chi connectivity index (χ4v) is 3.26. The monoisotopic (exact) mass is 416 g/mol. The van der Waals surface area contributed by atoms with Gasteiger partial charge >= 0.3 is 6.18 Å². The van der Waals surface area contributed by atoms with E-state index in [1.807, 2.05) is 0 Å². The Kier molecular flexibility index (Phi) is 6.35. The van der Waals surface area contributed by atoms with E-state index in [0.29, 0.717) is 5.56 Å². The normalized spacial score (nSPS) is 12.1. The number of carbonyl (C=O) groups is 1. The largest absolute Gasteiger partial charge is 0.483 e. The van der Waals surface area contributed by atoms with Gasteiger partial charge in [-0.3, -0.25) is 4.79 Å². The lowest BCUT2D eigenvalue weighted by atomic mass is 10.2. The maximum atomic E-state index is 12.7. The smallest absolute Gasteiger partial charge is 0.416 e. The molecule has 0 aromatic heterocycles. The summed E-state index contributed by atoms with van der Waals surface area (Å²) >= 11 is 0. The molecule has 152 valence electrons. The molecule has 0 saturated heterocycles. The summed E-state index contributed by atoms with van der Waals surface area (Å²) in [6.45, 7) is 1.17. The zero-order valence-corrected chi connectivity index (χ0v) is 16.2. The number of aryl methyl sites for hydroxylation is 1. The van der Waals surface area contributed by atoms with Crippen LogP contribution in [-0.4, -0.2) is 39.3 Å². The molecule has 0 unspecified atom stereocenters. The molecule has 28 heavy (non-hydrogen) atoms. The highest BCUT2D eigenvalue weighted by atomic mass is 32.2. The maximum Gasteiger partial charge on any atom is 0.416 e. The molecule has 1 N–H and O–H groups in total. The highest BCUT2D eigenvalue weighted by Gasteiger charge is 2.30. The Morgan fingerprint density at radius 2 is 1.82 bits per heavy atom. The molecule has 2 aromatic carbocycles. The first kappa shape index (κ1) is 21.7. The third-order valence-corrected chi connectivity index (χ3v) is 5.57. The van der Waals surface area contributed by atoms with E-state index in [1.165, 1.54) is 44.4 Å². The number of benzene rings is 2. The molecule has 10 heteroatoms. The van der Waals surface area contributed by atoms with Crippen LogP contribution >= 0.6 is 0 Å². The zero-order valence-electron chi connectivity index (χ0n) is 15.4. The van der Waals surface area contributed by atoms with E-state index >= 15 is 0 Å². The Morgan fingerprint density at radius 1 is 1.14 bits per heavy atom. The predicted octanol–water partition coefficient (Wildman–Crippen LogP) is 3.28. The quantitative estimate of drug-likeness (QED) is 0.784. The van der Waals surface area contributed by atoms with Crippen LogP contribution in [0.5, 0.6) is 5.75 Å². The van der Waals surface area contributed by atoms with E-state index in [9.17, 15) is 26.4 Å². The average Bonchev–Trinajstić information content (AvgIpc) is 2.60. The standard InChI is InChI=1S/C18H19F3N2O4S/c1-12-9-15(28(25,26)23(2)3)7-8-16(12)27-11-17(24)22-14-6-4-5-13(10-14)18(19,20)21/h4-10H,11H2,1-3H3,(H,22,24). The summed E-state index contributed by atoms with van der Waals surface area (Å²) in [7, 11) is -0.778. The van der Waals surface area contributed by atoms with E-state index in [1.54, 1.807) is 6.92 Å². The fraction of sp³-hybridized carbons (Fsp3) is 0.278. The molecule has 0 heterocycles. The summed E-state index contributed by atoms with van der Waals surface area (Å²) in [6, 6.07) is 8.43. The number of nitrogens with zero attached hydrogens (tertiary/aromatic N) is 1. The Bertz CT molecular complexity index is 973. The van der Waals surface area contributed by atoms with Crippen LogP contribution in [0.25, 0.3) is 0 Å². The van der Waals surface area contributed by atoms with Gasteiger partial charge in [-0.25, -0.2) is 12.7 Å². The molecule has 0 aliphatic carbocycles. The number of amides is 1. The predicted molar refractivity (Wildman–Crippen MR) is 97.6 cm³/mol. The lowest BCUT2D eigenvalue weighted by molar-refractivity contribution is -0.137. The second-order valence-electron chi connectivity index (χ2n) is 6.13. The van der Waals surface area contributed by atoms with Gasteiger partial charge in [0.05, 0.1) is 10.5 Å². The SMILES string of the molecule is Cc1cc(S(=O)(=O)N(C)C)ccc1OCC(=O)Nc1cccc(C(F)(F)F)c1. The lowest BCUT2D eigenvalue weighted by Crippen LogP contribution is -2.22. The number of alkyl halides is 3. The van der Waals surface area contributed by atoms with Crippen LogP contribution < -0.4 is 10.1 Å². The molecule has 0 atom stereocenters. The third kappa shape index (κ3) is 5.23. The van der Waals surface area contributed by atoms with E-state index in [-0.39, 0.29) is 16.3 Å². The second-order valence-corrected chi connectivity index (χ2v) is 8.28. The molecule has 0 fully saturated rings. The van der Waals surface area contributed by atoms with Crippen LogP contribution in [0.3, 0.4) is 0 Å². The molecule has 0 aliphatic rings. The molecule has 2 rings (SSSR count). The Balaban J connectivity index is 2.04. The van der Waals surface area contributed by atoms with Crippen LogP contribution in [0.4, 0.5) is 18.9 Å². The summed E-state index contributed by atoms with van der Waals surface area (Å²) in [6.07, 6.45) is -4.51. The maximum absolute atomic E-state index is 12.7. The summed E-state index contributed by atoms with van der Waals surface area (Å²) in [5.41, 5.74) is -0.387. The van der Waals surface area contributed by atoms with Crippen LogP contribution in [0.1, 0.15) is 11.1 Å². The number of carbonyl (C=O) groups excluding carboxylic acids is 1. The highest BCUT2D eigenvalue weighted by molar-refractivity contribution is 7.89. The number of rotatable bonds is 6. The van der Waals surface area contributed by atoms with E-state index in [2.05, 4.69) is 5.32 Å². The minimum absolute atomic E-state index is 0.00688. The van der Waals surface area contributed by atoms with Gasteiger partial charge in [-0.05, 0) is 48.9 Å². The lowest BCUT2D eigenvalue weighted by Gasteiger charge is -2.14. The van der Waals surface area contributed by atoms with Crippen molar-refractivity contribution in [3.63, 3.8) is 0 Å². The van der Waals surface area contributed by atoms with E-state index < -0.39 is 34.3 Å². The van der Waals surface area contributed by atoms with Gasteiger partial charge in [0.25, 0.3) is 5.91 Å². The first-order chi connectivity index (χ1) is 12.9. The number of anilines is 1. The second kappa shape index (κ2) is 8.19. The fourth-order valence-electron chi connectivity index (χ4n) is 2.27. The van der Waals surface area contributed by atoms with Crippen molar-refractivity contribution in [3.05, 3.63) is 53.6 Å².